The van der Waals surface area contributed by atoms with Gasteiger partial charge in [0.05, 0.1) is 45.2 Å². The highest BCUT2D eigenvalue weighted by atomic mass is 16.6. The van der Waals surface area contributed by atoms with Crippen molar-refractivity contribution in [1.82, 2.24) is 0 Å². The van der Waals surface area contributed by atoms with E-state index < -0.39 is 11.4 Å². The number of phenolic OH excluding ortho intramolecular Hbond substituents is 4. The molecule has 1 aliphatic carbocycles. The minimum absolute atomic E-state index is 0.0197. The Kier molecular flexibility index (Phi) is 62.9. The summed E-state index contributed by atoms with van der Waals surface area (Å²) in [6, 6.07) is 63.1. The van der Waals surface area contributed by atoms with Crippen molar-refractivity contribution in [2.24, 2.45) is 32.5 Å². The Balaban J connectivity index is 0. The summed E-state index contributed by atoms with van der Waals surface area (Å²) in [5, 5.41) is 36.0. The molecule has 8 aromatic rings. The molecule has 0 saturated heterocycles. The van der Waals surface area contributed by atoms with E-state index in [0.717, 1.165) is 88.4 Å². The first-order valence-electron chi connectivity index (χ1n) is 52.8. The number of benzene rings is 8. The summed E-state index contributed by atoms with van der Waals surface area (Å²) in [4.78, 5) is 81.6. The number of ether oxygens (including phenoxy) is 8. The summed E-state index contributed by atoms with van der Waals surface area (Å²) in [5.74, 6) is 4.74. The van der Waals surface area contributed by atoms with Crippen molar-refractivity contribution in [2.75, 3.05) is 7.11 Å². The number of hydrogen-bond donors (Lipinski definition) is 4. The fraction of sp³-hybridized carbons (Fsp3) is 0.563. The summed E-state index contributed by atoms with van der Waals surface area (Å²) in [6.45, 7) is 76.5. The number of esters is 7. The monoisotopic (exact) mass is 2010 g/mol. The van der Waals surface area contributed by atoms with Crippen molar-refractivity contribution in [1.29, 1.82) is 0 Å². The second-order valence-corrected chi connectivity index (χ2v) is 44.4. The van der Waals surface area contributed by atoms with Crippen LogP contribution in [0.15, 0.2) is 206 Å². The summed E-state index contributed by atoms with van der Waals surface area (Å²) < 4.78 is 42.5. The molecule has 8 aromatic carbocycles. The maximum atomic E-state index is 12.1. The molecule has 0 bridgehead atoms. The van der Waals surface area contributed by atoms with Crippen LogP contribution in [0.3, 0.4) is 0 Å². The van der Waals surface area contributed by atoms with Crippen molar-refractivity contribution < 1.29 is 91.9 Å². The highest BCUT2D eigenvalue weighted by Crippen LogP contribution is 2.39. The first-order chi connectivity index (χ1) is 67.2. The molecule has 0 heterocycles. The summed E-state index contributed by atoms with van der Waals surface area (Å²) in [7, 11) is 1.42. The Hall–Kier alpha value is -11.0. The molecule has 0 aliphatic heterocycles. The molecule has 1 saturated carbocycles. The molecule has 812 valence electrons. The van der Waals surface area contributed by atoms with Crippen LogP contribution < -0.4 is 14.2 Å². The van der Waals surface area contributed by atoms with Gasteiger partial charge in [-0.2, -0.15) is 0 Å². The molecular weight excluding hydrogens is 1820 g/mol. The maximum absolute atomic E-state index is 12.1. The molecule has 1 fully saturated rings. The van der Waals surface area contributed by atoms with Crippen molar-refractivity contribution in [3.05, 3.63) is 245 Å². The van der Waals surface area contributed by atoms with Crippen LogP contribution in [0.4, 0.5) is 0 Å². The van der Waals surface area contributed by atoms with E-state index in [-0.39, 0.29) is 85.3 Å². The number of phenols is 4. The number of aromatic hydroxyl groups is 4. The minimum atomic E-state index is -0.559. The van der Waals surface area contributed by atoms with Gasteiger partial charge in [0.25, 0.3) is 0 Å². The van der Waals surface area contributed by atoms with Gasteiger partial charge in [0.15, 0.2) is 0 Å². The lowest BCUT2D eigenvalue weighted by atomic mass is 9.89. The van der Waals surface area contributed by atoms with Crippen LogP contribution in [0.5, 0.6) is 40.2 Å². The smallest absolute Gasteiger partial charge is 0.343 e. The van der Waals surface area contributed by atoms with Crippen LogP contribution in [-0.4, -0.2) is 91.7 Å². The first-order valence-corrected chi connectivity index (χ1v) is 52.8. The fourth-order valence-corrected chi connectivity index (χ4v) is 12.0. The Morgan fingerprint density at radius 1 is 0.303 bits per heavy atom. The molecule has 0 radical (unpaired) electrons. The average molecular weight is 2010 g/mol. The summed E-state index contributed by atoms with van der Waals surface area (Å²) in [5.41, 5.74) is 4.78. The number of rotatable bonds is 30. The minimum Gasteiger partial charge on any atom is -0.508 e. The molecule has 5 unspecified atom stereocenters. The highest BCUT2D eigenvalue weighted by molar-refractivity contribution is 5.91. The Labute approximate surface area is 878 Å². The first kappa shape index (κ1) is 136. The van der Waals surface area contributed by atoms with Crippen molar-refractivity contribution in [3.63, 3.8) is 0 Å². The molecular formula is C126H194O19. The van der Waals surface area contributed by atoms with Gasteiger partial charge in [-0.15, -0.1) is 0 Å². The van der Waals surface area contributed by atoms with Gasteiger partial charge in [-0.25, -0.2) is 4.79 Å². The lowest BCUT2D eigenvalue weighted by molar-refractivity contribution is -0.171. The Morgan fingerprint density at radius 2 is 0.579 bits per heavy atom. The molecule has 4 N–H and O–H groups in total. The molecule has 0 amide bonds. The number of carbonyl (C=O) groups excluding carboxylic acids is 7. The van der Waals surface area contributed by atoms with E-state index in [2.05, 4.69) is 126 Å². The number of methoxy groups -OCH3 is 1. The Bertz CT molecular complexity index is 4640. The van der Waals surface area contributed by atoms with Gasteiger partial charge < -0.3 is 58.3 Å². The Morgan fingerprint density at radius 3 is 0.855 bits per heavy atom. The van der Waals surface area contributed by atoms with Crippen LogP contribution in [-0.2, 0) is 59.1 Å². The predicted molar refractivity (Wildman–Crippen MR) is 598 cm³/mol. The summed E-state index contributed by atoms with van der Waals surface area (Å²) in [6.07, 6.45) is 16.0. The van der Waals surface area contributed by atoms with Gasteiger partial charge in [-0.3, -0.25) is 28.8 Å². The standard InChI is InChI=1S/C19H20O4.C14H22O.C13H24O2.C13H18O2.2C10H20O2.4C10H14O.C7H14O2/c1-4-19(2,3)18(21)23-16-12-8-11-15(13-16)22-17(20)14-9-6-5-7-10-14;1-6-11(2)12-7-9-13(10-8-12)15-14(3,4)5;1-5-12(3,4)11(14)15-13(6-2)9-7-8-10-13;1-4-13(2,3)12(14)15-10-11-8-6-5-7-9-11;2*1-7-10(5,6)8(11)12-9(2,3)4;4*1-3-8(2)9-4-6-10(11)7-5-9;1-5-7(2,3)6(8)9-4/h5-13H,4H2,1-3H3;7-11H,6H2,1-5H3;5-10H2,1-4H3;5-9H,4,10H2,1-3H3;2*7H2,1-6H3;4*4-8,11H,3H2,1-2H3;5H2,1-4H3. The summed E-state index contributed by atoms with van der Waals surface area (Å²) >= 11 is 0. The van der Waals surface area contributed by atoms with Crippen LogP contribution in [0.2, 0.25) is 0 Å². The van der Waals surface area contributed by atoms with E-state index in [9.17, 15) is 33.6 Å². The maximum Gasteiger partial charge on any atom is 0.343 e. The fourth-order valence-electron chi connectivity index (χ4n) is 12.0. The van der Waals surface area contributed by atoms with Crippen LogP contribution in [0.1, 0.15) is 439 Å². The lowest BCUT2D eigenvalue weighted by Crippen LogP contribution is -2.37. The van der Waals surface area contributed by atoms with E-state index in [1.54, 1.807) is 91.0 Å². The highest BCUT2D eigenvalue weighted by Gasteiger charge is 2.40. The third-order valence-electron chi connectivity index (χ3n) is 26.3. The van der Waals surface area contributed by atoms with Crippen LogP contribution >= 0.6 is 0 Å². The molecule has 9 rings (SSSR count). The van der Waals surface area contributed by atoms with Gasteiger partial charge >= 0.3 is 41.8 Å². The van der Waals surface area contributed by atoms with E-state index in [1.165, 1.54) is 60.3 Å². The van der Waals surface area contributed by atoms with E-state index in [0.29, 0.717) is 82.7 Å². The SMILES string of the molecule is CCC(C)(C)C(=O)OC.CCC(C)(C)C(=O)OC(C)(C)C.CCC(C)(C)C(=O)OC(C)(C)C.CCC(C)(C)C(=O)OCc1ccccc1.CCC(C)(C)C(=O)Oc1cccc(OC(=O)c2ccccc2)c1.CCC(C)c1ccc(O)cc1.CCC(C)c1ccc(O)cc1.CCC(C)c1ccc(O)cc1.CCC(C)c1ccc(O)cc1.CCC(C)c1ccc(OC(C)(C)C)cc1.CCC1(OC(=O)C(C)(C)CC)CCCC1. The second-order valence-electron chi connectivity index (χ2n) is 44.4. The van der Waals surface area contributed by atoms with Gasteiger partial charge in [0.1, 0.15) is 69.3 Å². The predicted octanol–water partition coefficient (Wildman–Crippen LogP) is 34.2. The number of hydrogen-bond acceptors (Lipinski definition) is 19. The molecule has 19 heteroatoms. The van der Waals surface area contributed by atoms with Crippen molar-refractivity contribution in [3.8, 4) is 40.2 Å². The van der Waals surface area contributed by atoms with Crippen molar-refractivity contribution in [2.45, 2.75) is 424 Å². The third-order valence-corrected chi connectivity index (χ3v) is 26.3. The number of carbonyl (C=O) groups is 7. The van der Waals surface area contributed by atoms with Crippen molar-refractivity contribution >= 4 is 41.8 Å². The molecule has 1 aliphatic rings. The molecule has 145 heavy (non-hydrogen) atoms. The third kappa shape index (κ3) is 57.1. The average Bonchev–Trinajstić information content (AvgIpc) is 1.72. The topological polar surface area (TPSA) is 274 Å². The second kappa shape index (κ2) is 67.0. The zero-order valence-electron chi connectivity index (χ0n) is 97.0. The molecule has 5 atom stereocenters. The van der Waals surface area contributed by atoms with Gasteiger partial charge in [0.2, 0.25) is 0 Å². The van der Waals surface area contributed by atoms with Crippen LogP contribution in [0, 0.1) is 32.5 Å². The zero-order valence-corrected chi connectivity index (χ0v) is 97.0. The van der Waals surface area contributed by atoms with Gasteiger partial charge in [-0.1, -0.05) is 233 Å². The van der Waals surface area contributed by atoms with Gasteiger partial charge in [0, 0.05) is 6.07 Å². The lowest BCUT2D eigenvalue weighted by Gasteiger charge is -2.32. The zero-order chi connectivity index (χ0) is 112. The van der Waals surface area contributed by atoms with E-state index in [1.807, 2.05) is 251 Å². The normalized spacial score (nSPS) is 13.1. The molecule has 0 aromatic heterocycles. The van der Waals surface area contributed by atoms with E-state index in [4.69, 9.17) is 53.6 Å². The molecule has 0 spiro atoms. The quantitative estimate of drug-likeness (QED) is 0.0185. The van der Waals surface area contributed by atoms with Gasteiger partial charge in [-0.05, 0) is 396 Å². The van der Waals surface area contributed by atoms with E-state index >= 15 is 0 Å². The van der Waals surface area contributed by atoms with Crippen LogP contribution in [0.25, 0.3) is 0 Å². The molecule has 19 nitrogen and oxygen atoms in total. The largest absolute Gasteiger partial charge is 0.508 e.